The Morgan fingerprint density at radius 2 is 1.76 bits per heavy atom. The average molecular weight is 304 g/mol. The van der Waals surface area contributed by atoms with Crippen molar-refractivity contribution in [2.24, 2.45) is 0 Å². The van der Waals surface area contributed by atoms with Gasteiger partial charge in [0.2, 0.25) is 0 Å². The van der Waals surface area contributed by atoms with Gasteiger partial charge in [-0.3, -0.25) is 9.59 Å². The van der Waals surface area contributed by atoms with Gasteiger partial charge in [0.15, 0.2) is 0 Å². The van der Waals surface area contributed by atoms with Crippen molar-refractivity contribution in [1.29, 1.82) is 0 Å². The molecule has 2 aromatic rings. The largest absolute Gasteiger partial charge is 0.398 e. The molecule has 0 aliphatic rings. The average Bonchev–Trinajstić information content (AvgIpc) is 2.46. The van der Waals surface area contributed by atoms with Crippen LogP contribution in [0.1, 0.15) is 20.7 Å². The lowest BCUT2D eigenvalue weighted by atomic mass is 10.1. The maximum Gasteiger partial charge on any atom is 0.257 e. The summed E-state index contributed by atoms with van der Waals surface area (Å²) < 4.78 is 0. The normalized spacial score (nSPS) is 10.0. The summed E-state index contributed by atoms with van der Waals surface area (Å²) in [5.41, 5.74) is 7.14. The quantitative estimate of drug-likeness (QED) is 0.762. The number of carbonyl (C=O) groups is 2. The number of para-hydroxylation sites is 1. The number of nitrogens with one attached hydrogen (secondary N) is 2. The van der Waals surface area contributed by atoms with Crippen LogP contribution in [0.15, 0.2) is 42.5 Å². The Bertz CT molecular complexity index is 701. The summed E-state index contributed by atoms with van der Waals surface area (Å²) in [5.74, 6) is -0.685. The number of halogens is 1. The lowest BCUT2D eigenvalue weighted by Gasteiger charge is -2.11. The predicted molar refractivity (Wildman–Crippen MR) is 83.6 cm³/mol. The number of amides is 2. The van der Waals surface area contributed by atoms with Gasteiger partial charge in [0.05, 0.1) is 16.8 Å². The van der Waals surface area contributed by atoms with Crippen LogP contribution in [0.2, 0.25) is 5.02 Å². The molecule has 2 rings (SSSR count). The van der Waals surface area contributed by atoms with Gasteiger partial charge >= 0.3 is 0 Å². The van der Waals surface area contributed by atoms with Crippen molar-refractivity contribution in [3.8, 4) is 0 Å². The number of nitrogens with two attached hydrogens (primary N) is 1. The van der Waals surface area contributed by atoms with Crippen LogP contribution in [0.5, 0.6) is 0 Å². The van der Waals surface area contributed by atoms with Gasteiger partial charge in [0, 0.05) is 17.8 Å². The molecule has 0 saturated heterocycles. The SMILES string of the molecule is CNC(=O)c1ccccc1NC(=O)c1ccc(Cl)cc1N. The monoisotopic (exact) mass is 303 g/mol. The molecule has 0 saturated carbocycles. The highest BCUT2D eigenvalue weighted by Gasteiger charge is 2.14. The van der Waals surface area contributed by atoms with Gasteiger partial charge in [-0.05, 0) is 30.3 Å². The van der Waals surface area contributed by atoms with Gasteiger partial charge in [-0.2, -0.15) is 0 Å². The van der Waals surface area contributed by atoms with Crippen molar-refractivity contribution < 1.29 is 9.59 Å². The zero-order valence-electron chi connectivity index (χ0n) is 11.3. The van der Waals surface area contributed by atoms with Gasteiger partial charge in [-0.1, -0.05) is 23.7 Å². The van der Waals surface area contributed by atoms with Crippen LogP contribution in [-0.2, 0) is 0 Å². The van der Waals surface area contributed by atoms with E-state index in [0.717, 1.165) is 0 Å². The van der Waals surface area contributed by atoms with E-state index < -0.39 is 5.91 Å². The molecule has 0 aliphatic heterocycles. The molecule has 0 unspecified atom stereocenters. The zero-order chi connectivity index (χ0) is 15.4. The van der Waals surface area contributed by atoms with E-state index in [9.17, 15) is 9.59 Å². The fraction of sp³-hybridized carbons (Fsp3) is 0.0667. The summed E-state index contributed by atoms with van der Waals surface area (Å²) in [7, 11) is 1.53. The summed E-state index contributed by atoms with van der Waals surface area (Å²) >= 11 is 5.80. The minimum absolute atomic E-state index is 0.275. The van der Waals surface area contributed by atoms with Crippen molar-refractivity contribution in [1.82, 2.24) is 5.32 Å². The fourth-order valence-corrected chi connectivity index (χ4v) is 2.04. The van der Waals surface area contributed by atoms with Gasteiger partial charge in [-0.15, -0.1) is 0 Å². The maximum absolute atomic E-state index is 12.2. The Labute approximate surface area is 127 Å². The number of hydrogen-bond acceptors (Lipinski definition) is 3. The topological polar surface area (TPSA) is 84.2 Å². The van der Waals surface area contributed by atoms with Gasteiger partial charge in [0.25, 0.3) is 11.8 Å². The van der Waals surface area contributed by atoms with Gasteiger partial charge in [-0.25, -0.2) is 0 Å². The first kappa shape index (κ1) is 14.9. The molecule has 5 nitrogen and oxygen atoms in total. The molecule has 0 bridgehead atoms. The number of rotatable bonds is 3. The first-order valence-corrected chi connectivity index (χ1v) is 6.58. The summed E-state index contributed by atoms with van der Waals surface area (Å²) in [6.07, 6.45) is 0. The van der Waals surface area contributed by atoms with Crippen LogP contribution in [-0.4, -0.2) is 18.9 Å². The highest BCUT2D eigenvalue weighted by atomic mass is 35.5. The van der Waals surface area contributed by atoms with E-state index in [0.29, 0.717) is 21.8 Å². The Kier molecular flexibility index (Phi) is 4.45. The standard InChI is InChI=1S/C15H14ClN3O2/c1-18-14(20)11-4-2-3-5-13(11)19-15(21)10-7-6-9(16)8-12(10)17/h2-8H,17H2,1H3,(H,18,20)(H,19,21). The molecule has 0 heterocycles. The Balaban J connectivity index is 2.30. The molecule has 0 spiro atoms. The van der Waals surface area contributed by atoms with Crippen molar-refractivity contribution in [2.75, 3.05) is 18.1 Å². The van der Waals surface area contributed by atoms with E-state index in [1.807, 2.05) is 0 Å². The summed E-state index contributed by atoms with van der Waals surface area (Å²) in [6.45, 7) is 0. The third-order valence-corrected chi connectivity index (χ3v) is 3.14. The molecule has 4 N–H and O–H groups in total. The van der Waals surface area contributed by atoms with E-state index in [4.69, 9.17) is 17.3 Å². The number of hydrogen-bond donors (Lipinski definition) is 3. The van der Waals surface area contributed by atoms with Gasteiger partial charge < -0.3 is 16.4 Å². The first-order valence-electron chi connectivity index (χ1n) is 6.20. The molecule has 0 radical (unpaired) electrons. The second kappa shape index (κ2) is 6.28. The minimum Gasteiger partial charge on any atom is -0.398 e. The maximum atomic E-state index is 12.2. The van der Waals surface area contributed by atoms with Crippen molar-refractivity contribution in [3.05, 3.63) is 58.6 Å². The number of benzene rings is 2. The second-order valence-corrected chi connectivity index (χ2v) is 4.75. The Morgan fingerprint density at radius 1 is 1.05 bits per heavy atom. The van der Waals surface area contributed by atoms with Gasteiger partial charge in [0.1, 0.15) is 0 Å². The lowest BCUT2D eigenvalue weighted by Crippen LogP contribution is -2.21. The predicted octanol–water partition coefficient (Wildman–Crippen LogP) is 2.53. The molecule has 2 amide bonds. The van der Waals surface area contributed by atoms with Crippen molar-refractivity contribution >= 4 is 34.8 Å². The molecule has 0 fully saturated rings. The molecule has 2 aromatic carbocycles. The third kappa shape index (κ3) is 3.32. The fourth-order valence-electron chi connectivity index (χ4n) is 1.85. The Hall–Kier alpha value is -2.53. The molecule has 21 heavy (non-hydrogen) atoms. The zero-order valence-corrected chi connectivity index (χ0v) is 12.1. The molecule has 108 valence electrons. The van der Waals surface area contributed by atoms with E-state index >= 15 is 0 Å². The molecule has 6 heteroatoms. The van der Waals surface area contributed by atoms with Crippen LogP contribution in [0, 0.1) is 0 Å². The summed E-state index contributed by atoms with van der Waals surface area (Å²) in [5, 5.41) is 5.65. The van der Waals surface area contributed by atoms with E-state index in [1.54, 1.807) is 30.3 Å². The first-order chi connectivity index (χ1) is 10.0. The molecule has 0 atom stereocenters. The molecular weight excluding hydrogens is 290 g/mol. The number of anilines is 2. The third-order valence-electron chi connectivity index (χ3n) is 2.91. The van der Waals surface area contributed by atoms with Crippen LogP contribution >= 0.6 is 11.6 Å². The lowest BCUT2D eigenvalue weighted by molar-refractivity contribution is 0.0964. The number of carbonyl (C=O) groups excluding carboxylic acids is 2. The minimum atomic E-state index is -0.402. The van der Waals surface area contributed by atoms with Crippen molar-refractivity contribution in [2.45, 2.75) is 0 Å². The summed E-state index contributed by atoms with van der Waals surface area (Å²) in [4.78, 5) is 24.0. The molecular formula is C15H14ClN3O2. The van der Waals surface area contributed by atoms with Crippen LogP contribution in [0.4, 0.5) is 11.4 Å². The van der Waals surface area contributed by atoms with E-state index in [2.05, 4.69) is 10.6 Å². The number of nitrogen functional groups attached to an aromatic ring is 1. The molecule has 0 aliphatic carbocycles. The van der Waals surface area contributed by atoms with E-state index in [-0.39, 0.29) is 11.6 Å². The second-order valence-electron chi connectivity index (χ2n) is 4.31. The van der Waals surface area contributed by atoms with Crippen molar-refractivity contribution in [3.63, 3.8) is 0 Å². The summed E-state index contributed by atoms with van der Waals surface area (Å²) in [6, 6.07) is 11.3. The highest BCUT2D eigenvalue weighted by Crippen LogP contribution is 2.21. The van der Waals surface area contributed by atoms with E-state index in [1.165, 1.54) is 19.2 Å². The van der Waals surface area contributed by atoms with Crippen LogP contribution in [0.3, 0.4) is 0 Å². The van der Waals surface area contributed by atoms with Crippen LogP contribution < -0.4 is 16.4 Å². The Morgan fingerprint density at radius 3 is 2.43 bits per heavy atom. The smallest absolute Gasteiger partial charge is 0.257 e. The molecule has 0 aromatic heterocycles. The van der Waals surface area contributed by atoms with Crippen LogP contribution in [0.25, 0.3) is 0 Å². The highest BCUT2D eigenvalue weighted by molar-refractivity contribution is 6.31.